The first-order valence-corrected chi connectivity index (χ1v) is 33.3. The van der Waals surface area contributed by atoms with Crippen LogP contribution in [0.5, 0.6) is 0 Å². The molecule has 74 heavy (non-hydrogen) atoms. The van der Waals surface area contributed by atoms with Gasteiger partial charge in [-0.3, -0.25) is 9.59 Å². The van der Waals surface area contributed by atoms with Gasteiger partial charge in [-0.1, -0.05) is 301 Å². The highest BCUT2D eigenvalue weighted by Gasteiger charge is 2.18. The summed E-state index contributed by atoms with van der Waals surface area (Å²) < 4.78 is 5.47. The van der Waals surface area contributed by atoms with E-state index in [1.54, 1.807) is 6.08 Å². The number of amides is 1. The first-order chi connectivity index (χ1) is 36.5. The number of carbonyl (C=O) groups excluding carboxylic acids is 2. The van der Waals surface area contributed by atoms with Crippen LogP contribution in [0.1, 0.15) is 361 Å². The first-order valence-electron chi connectivity index (χ1n) is 33.3. The molecule has 6 nitrogen and oxygen atoms in total. The summed E-state index contributed by atoms with van der Waals surface area (Å²) in [6.45, 7) is 4.90. The second-order valence-electron chi connectivity index (χ2n) is 22.8. The van der Waals surface area contributed by atoms with Crippen molar-refractivity contribution in [2.45, 2.75) is 373 Å². The molecule has 0 aliphatic carbocycles. The minimum absolute atomic E-state index is 0.000449. The van der Waals surface area contributed by atoms with Crippen molar-refractivity contribution >= 4 is 11.9 Å². The molecule has 6 heteroatoms. The number of hydrogen-bond donors (Lipinski definition) is 3. The van der Waals surface area contributed by atoms with Gasteiger partial charge in [-0.15, -0.1) is 0 Å². The third-order valence-corrected chi connectivity index (χ3v) is 15.4. The van der Waals surface area contributed by atoms with Gasteiger partial charge in [-0.05, 0) is 83.5 Å². The van der Waals surface area contributed by atoms with Crippen LogP contribution in [0.25, 0.3) is 0 Å². The number of allylic oxidation sites excluding steroid dienone is 5. The summed E-state index contributed by atoms with van der Waals surface area (Å²) in [5.74, 6) is -0.0723. The highest BCUT2D eigenvalue weighted by molar-refractivity contribution is 5.76. The summed E-state index contributed by atoms with van der Waals surface area (Å²) in [7, 11) is 0. The lowest BCUT2D eigenvalue weighted by atomic mass is 10.0. The summed E-state index contributed by atoms with van der Waals surface area (Å²) in [4.78, 5) is 24.5. The molecule has 2 atom stereocenters. The van der Waals surface area contributed by atoms with E-state index in [0.717, 1.165) is 51.4 Å². The molecular formula is C68H129NO5. The highest BCUT2D eigenvalue weighted by atomic mass is 16.5. The Hall–Kier alpha value is -1.92. The maximum atomic E-state index is 12.5. The van der Waals surface area contributed by atoms with Gasteiger partial charge in [-0.2, -0.15) is 0 Å². The predicted molar refractivity (Wildman–Crippen MR) is 324 cm³/mol. The van der Waals surface area contributed by atoms with Crippen LogP contribution >= 0.6 is 0 Å². The van der Waals surface area contributed by atoms with Crippen LogP contribution in [0.2, 0.25) is 0 Å². The van der Waals surface area contributed by atoms with Crippen LogP contribution in [0, 0.1) is 0 Å². The van der Waals surface area contributed by atoms with Gasteiger partial charge in [0, 0.05) is 12.8 Å². The maximum absolute atomic E-state index is 12.5. The van der Waals surface area contributed by atoms with Gasteiger partial charge < -0.3 is 20.3 Å². The molecule has 0 aliphatic heterocycles. The maximum Gasteiger partial charge on any atom is 0.305 e. The SMILES string of the molecule is CCCCC/C=C\CCCCCCCC(=O)OCCCCCCCCCCCCC/C=C\CCCCCCCCCC(=O)NC(CO)C(O)/C=C/CCCCCCCCCCCCCCCCCCCCCCC. The Morgan fingerprint density at radius 2 is 0.635 bits per heavy atom. The Kier molecular flexibility index (Phi) is 62.0. The summed E-state index contributed by atoms with van der Waals surface area (Å²) >= 11 is 0. The molecule has 0 saturated carbocycles. The van der Waals surface area contributed by atoms with Gasteiger partial charge in [0.1, 0.15) is 0 Å². The molecule has 0 aromatic rings. The molecule has 0 bridgehead atoms. The van der Waals surface area contributed by atoms with Gasteiger partial charge >= 0.3 is 5.97 Å². The van der Waals surface area contributed by atoms with E-state index in [0.29, 0.717) is 19.4 Å². The highest BCUT2D eigenvalue weighted by Crippen LogP contribution is 2.18. The monoisotopic (exact) mass is 1040 g/mol. The molecule has 2 unspecified atom stereocenters. The van der Waals surface area contributed by atoms with Crippen LogP contribution in [0.3, 0.4) is 0 Å². The van der Waals surface area contributed by atoms with E-state index < -0.39 is 12.1 Å². The lowest BCUT2D eigenvalue weighted by Crippen LogP contribution is -2.45. The van der Waals surface area contributed by atoms with Crippen LogP contribution in [-0.2, 0) is 14.3 Å². The minimum atomic E-state index is -0.850. The Balaban J connectivity index is 3.46. The van der Waals surface area contributed by atoms with Crippen molar-refractivity contribution in [3.05, 3.63) is 36.5 Å². The van der Waals surface area contributed by atoms with Gasteiger partial charge in [0.05, 0.1) is 25.4 Å². The van der Waals surface area contributed by atoms with E-state index in [1.807, 2.05) is 6.08 Å². The van der Waals surface area contributed by atoms with Crippen molar-refractivity contribution in [1.82, 2.24) is 5.32 Å². The van der Waals surface area contributed by atoms with E-state index in [4.69, 9.17) is 4.74 Å². The standard InChI is InChI=1S/C68H129NO5/c1-3-5-7-9-11-13-15-17-18-19-20-21-22-25-28-31-34-37-40-44-48-52-56-60-66(71)65(64-70)69-67(72)61-57-53-49-45-41-38-35-32-29-26-23-24-27-30-33-36-39-43-47-51-55-59-63-74-68(73)62-58-54-50-46-42-16-14-12-10-8-6-4-2/h12,14,26,29,56,60,65-66,70-71H,3-11,13,15-25,27-28,30-55,57-59,61-64H2,1-2H3,(H,69,72)/b14-12-,29-26-,60-56+. The number of hydrogen-bond acceptors (Lipinski definition) is 5. The fourth-order valence-corrected chi connectivity index (χ4v) is 10.3. The van der Waals surface area contributed by atoms with Gasteiger partial charge in [-0.25, -0.2) is 0 Å². The number of carbonyl (C=O) groups is 2. The summed E-state index contributed by atoms with van der Waals surface area (Å²) in [5, 5.41) is 23.2. The van der Waals surface area contributed by atoms with Gasteiger partial charge in [0.2, 0.25) is 5.91 Å². The molecule has 0 fully saturated rings. The molecule has 0 aromatic carbocycles. The molecule has 0 rings (SSSR count). The van der Waals surface area contributed by atoms with E-state index in [-0.39, 0.29) is 18.5 Å². The Bertz CT molecular complexity index is 1200. The second-order valence-corrected chi connectivity index (χ2v) is 22.8. The summed E-state index contributed by atoms with van der Waals surface area (Å²) in [6, 6.07) is -0.635. The zero-order valence-electron chi connectivity index (χ0n) is 49.8. The Morgan fingerprint density at radius 3 is 0.986 bits per heavy atom. The zero-order valence-corrected chi connectivity index (χ0v) is 49.8. The van der Waals surface area contributed by atoms with Crippen LogP contribution in [0.4, 0.5) is 0 Å². The van der Waals surface area contributed by atoms with Crippen molar-refractivity contribution in [2.24, 2.45) is 0 Å². The fraction of sp³-hybridized carbons (Fsp3) is 0.882. The lowest BCUT2D eigenvalue weighted by Gasteiger charge is -2.20. The Morgan fingerprint density at radius 1 is 0.365 bits per heavy atom. The second kappa shape index (κ2) is 63.6. The number of esters is 1. The molecule has 0 aliphatic rings. The molecule has 3 N–H and O–H groups in total. The minimum Gasteiger partial charge on any atom is -0.466 e. The summed E-state index contributed by atoms with van der Waals surface area (Å²) in [5.41, 5.74) is 0. The molecule has 0 spiro atoms. The van der Waals surface area contributed by atoms with Crippen LogP contribution in [0.15, 0.2) is 36.5 Å². The average Bonchev–Trinajstić information content (AvgIpc) is 3.40. The molecule has 0 saturated heterocycles. The van der Waals surface area contributed by atoms with E-state index in [9.17, 15) is 19.8 Å². The Labute approximate surface area is 462 Å². The van der Waals surface area contributed by atoms with E-state index in [1.165, 1.54) is 283 Å². The van der Waals surface area contributed by atoms with Crippen LogP contribution in [-0.4, -0.2) is 47.4 Å². The van der Waals surface area contributed by atoms with Crippen molar-refractivity contribution in [1.29, 1.82) is 0 Å². The van der Waals surface area contributed by atoms with Crippen molar-refractivity contribution in [3.63, 3.8) is 0 Å². The van der Waals surface area contributed by atoms with E-state index in [2.05, 4.69) is 43.5 Å². The zero-order chi connectivity index (χ0) is 53.6. The molecule has 0 aromatic heterocycles. The molecule has 1 amide bonds. The molecule has 436 valence electrons. The number of aliphatic hydroxyl groups excluding tert-OH is 2. The van der Waals surface area contributed by atoms with Gasteiger partial charge in [0.15, 0.2) is 0 Å². The number of aliphatic hydroxyl groups is 2. The number of rotatable bonds is 62. The fourth-order valence-electron chi connectivity index (χ4n) is 10.3. The van der Waals surface area contributed by atoms with Crippen molar-refractivity contribution in [2.75, 3.05) is 13.2 Å². The normalized spacial score (nSPS) is 12.8. The topological polar surface area (TPSA) is 95.9 Å². The van der Waals surface area contributed by atoms with Gasteiger partial charge in [0.25, 0.3) is 0 Å². The quantitative estimate of drug-likeness (QED) is 0.0320. The smallest absolute Gasteiger partial charge is 0.305 e. The molecule has 0 heterocycles. The van der Waals surface area contributed by atoms with Crippen molar-refractivity contribution in [3.8, 4) is 0 Å². The largest absolute Gasteiger partial charge is 0.466 e. The first kappa shape index (κ1) is 72.1. The third-order valence-electron chi connectivity index (χ3n) is 15.4. The number of nitrogens with one attached hydrogen (secondary N) is 1. The lowest BCUT2D eigenvalue weighted by molar-refractivity contribution is -0.143. The predicted octanol–water partition coefficient (Wildman–Crippen LogP) is 21.1. The van der Waals surface area contributed by atoms with Crippen LogP contribution < -0.4 is 5.32 Å². The molecular weight excluding hydrogens is 911 g/mol. The number of unbranched alkanes of at least 4 members (excludes halogenated alkanes) is 47. The average molecular weight is 1040 g/mol. The number of ether oxygens (including phenoxy) is 1. The van der Waals surface area contributed by atoms with E-state index >= 15 is 0 Å². The van der Waals surface area contributed by atoms with Crippen molar-refractivity contribution < 1.29 is 24.5 Å². The third kappa shape index (κ3) is 59.3. The molecule has 0 radical (unpaired) electrons. The summed E-state index contributed by atoms with van der Waals surface area (Å²) in [6.07, 6.45) is 80.6.